The SMILES string of the molecule is COCCOc1ccc(Br)cc1C(=O)Nc1ccc(F)cc1. The predicted octanol–water partition coefficient (Wildman–Crippen LogP) is 3.87. The topological polar surface area (TPSA) is 47.6 Å². The number of hydrogen-bond donors (Lipinski definition) is 1. The molecule has 0 fully saturated rings. The van der Waals surface area contributed by atoms with Crippen molar-refractivity contribution < 1.29 is 18.7 Å². The lowest BCUT2D eigenvalue weighted by molar-refractivity contribution is 0.101. The normalized spacial score (nSPS) is 10.3. The molecule has 1 N–H and O–H groups in total. The molecule has 2 rings (SSSR count). The van der Waals surface area contributed by atoms with Crippen LogP contribution in [0.3, 0.4) is 0 Å². The van der Waals surface area contributed by atoms with Gasteiger partial charge in [-0.3, -0.25) is 4.79 Å². The number of carbonyl (C=O) groups excluding carboxylic acids is 1. The quantitative estimate of drug-likeness (QED) is 0.788. The van der Waals surface area contributed by atoms with Crippen LogP contribution in [-0.2, 0) is 4.74 Å². The summed E-state index contributed by atoms with van der Waals surface area (Å²) in [5.41, 5.74) is 0.893. The van der Waals surface area contributed by atoms with E-state index in [-0.39, 0.29) is 11.7 Å². The number of halogens is 2. The molecule has 2 aromatic rings. The van der Waals surface area contributed by atoms with Crippen LogP contribution in [0.4, 0.5) is 10.1 Å². The van der Waals surface area contributed by atoms with E-state index in [0.717, 1.165) is 4.47 Å². The predicted molar refractivity (Wildman–Crippen MR) is 85.9 cm³/mol. The second-order valence-corrected chi connectivity index (χ2v) is 5.36. The van der Waals surface area contributed by atoms with Gasteiger partial charge in [0.25, 0.3) is 5.91 Å². The van der Waals surface area contributed by atoms with E-state index in [1.807, 2.05) is 0 Å². The highest BCUT2D eigenvalue weighted by atomic mass is 79.9. The van der Waals surface area contributed by atoms with Crippen LogP contribution in [0, 0.1) is 5.82 Å². The third-order valence-electron chi connectivity index (χ3n) is 2.83. The van der Waals surface area contributed by atoms with Crippen LogP contribution in [0.2, 0.25) is 0 Å². The third kappa shape index (κ3) is 4.54. The maximum atomic E-state index is 12.9. The molecule has 0 saturated heterocycles. The Bertz CT molecular complexity index is 646. The smallest absolute Gasteiger partial charge is 0.259 e. The van der Waals surface area contributed by atoms with Crippen molar-refractivity contribution in [3.05, 3.63) is 58.3 Å². The van der Waals surface area contributed by atoms with Crippen molar-refractivity contribution >= 4 is 27.5 Å². The number of ether oxygens (including phenoxy) is 2. The molecular weight excluding hydrogens is 353 g/mol. The van der Waals surface area contributed by atoms with Gasteiger partial charge < -0.3 is 14.8 Å². The lowest BCUT2D eigenvalue weighted by Gasteiger charge is -2.12. The molecule has 1 amide bonds. The fraction of sp³-hybridized carbons (Fsp3) is 0.188. The molecule has 0 aliphatic heterocycles. The van der Waals surface area contributed by atoms with E-state index in [9.17, 15) is 9.18 Å². The Hall–Kier alpha value is -1.92. The van der Waals surface area contributed by atoms with Gasteiger partial charge in [-0.05, 0) is 42.5 Å². The monoisotopic (exact) mass is 367 g/mol. The van der Waals surface area contributed by atoms with Crippen LogP contribution >= 0.6 is 15.9 Å². The third-order valence-corrected chi connectivity index (χ3v) is 3.33. The summed E-state index contributed by atoms with van der Waals surface area (Å²) in [4.78, 5) is 12.4. The van der Waals surface area contributed by atoms with Gasteiger partial charge in [-0.1, -0.05) is 15.9 Å². The Kier molecular flexibility index (Phi) is 5.91. The number of anilines is 1. The molecule has 22 heavy (non-hydrogen) atoms. The summed E-state index contributed by atoms with van der Waals surface area (Å²) in [5.74, 6) is -0.232. The van der Waals surface area contributed by atoms with Crippen molar-refractivity contribution in [2.75, 3.05) is 25.6 Å². The number of amides is 1. The van der Waals surface area contributed by atoms with Crippen molar-refractivity contribution in [3.63, 3.8) is 0 Å². The van der Waals surface area contributed by atoms with Crippen LogP contribution in [0.5, 0.6) is 5.75 Å². The number of nitrogens with one attached hydrogen (secondary N) is 1. The average molecular weight is 368 g/mol. The number of rotatable bonds is 6. The minimum absolute atomic E-state index is 0.333. The first kappa shape index (κ1) is 16.5. The standard InChI is InChI=1S/C16H15BrFNO3/c1-21-8-9-22-15-7-2-11(17)10-14(15)16(20)19-13-5-3-12(18)4-6-13/h2-7,10H,8-9H2,1H3,(H,19,20). The maximum Gasteiger partial charge on any atom is 0.259 e. The second-order valence-electron chi connectivity index (χ2n) is 4.44. The number of carbonyl (C=O) groups is 1. The molecule has 2 aromatic carbocycles. The second kappa shape index (κ2) is 7.91. The van der Waals surface area contributed by atoms with Gasteiger partial charge in [0.05, 0.1) is 12.2 Å². The first-order valence-corrected chi connectivity index (χ1v) is 7.37. The fourth-order valence-electron chi connectivity index (χ4n) is 1.77. The van der Waals surface area contributed by atoms with Crippen molar-refractivity contribution in [2.24, 2.45) is 0 Å². The van der Waals surface area contributed by atoms with Crippen LogP contribution in [0.1, 0.15) is 10.4 Å². The molecule has 0 radical (unpaired) electrons. The average Bonchev–Trinajstić information content (AvgIpc) is 2.51. The fourth-order valence-corrected chi connectivity index (χ4v) is 2.13. The molecule has 6 heteroatoms. The molecule has 4 nitrogen and oxygen atoms in total. The Morgan fingerprint density at radius 3 is 2.59 bits per heavy atom. The van der Waals surface area contributed by atoms with Gasteiger partial charge in [0.2, 0.25) is 0 Å². The van der Waals surface area contributed by atoms with Crippen molar-refractivity contribution in [3.8, 4) is 5.75 Å². The van der Waals surface area contributed by atoms with Crippen LogP contribution < -0.4 is 10.1 Å². The summed E-state index contributed by atoms with van der Waals surface area (Å²) in [6.45, 7) is 0.768. The van der Waals surface area contributed by atoms with Gasteiger partial charge in [0.1, 0.15) is 18.2 Å². The molecule has 0 aliphatic rings. The number of methoxy groups -OCH3 is 1. The van der Waals surface area contributed by atoms with Crippen molar-refractivity contribution in [1.29, 1.82) is 0 Å². The summed E-state index contributed by atoms with van der Waals surface area (Å²) in [7, 11) is 1.58. The summed E-state index contributed by atoms with van der Waals surface area (Å²) < 4.78 is 24.1. The van der Waals surface area contributed by atoms with Gasteiger partial charge in [-0.2, -0.15) is 0 Å². The van der Waals surface area contributed by atoms with Gasteiger partial charge >= 0.3 is 0 Å². The van der Waals surface area contributed by atoms with E-state index in [1.165, 1.54) is 24.3 Å². The molecule has 0 saturated carbocycles. The molecule has 0 spiro atoms. The van der Waals surface area contributed by atoms with Gasteiger partial charge in [-0.25, -0.2) is 4.39 Å². The van der Waals surface area contributed by atoms with Gasteiger partial charge in [-0.15, -0.1) is 0 Å². The van der Waals surface area contributed by atoms with E-state index < -0.39 is 0 Å². The van der Waals surface area contributed by atoms with Crippen LogP contribution in [0.15, 0.2) is 46.9 Å². The van der Waals surface area contributed by atoms with E-state index in [4.69, 9.17) is 9.47 Å². The van der Waals surface area contributed by atoms with Crippen molar-refractivity contribution in [1.82, 2.24) is 0 Å². The molecule has 0 unspecified atom stereocenters. The summed E-state index contributed by atoms with van der Waals surface area (Å²) in [5, 5.41) is 2.71. The minimum atomic E-state index is -0.357. The van der Waals surface area contributed by atoms with Gasteiger partial charge in [0.15, 0.2) is 0 Å². The Labute approximate surface area is 136 Å². The molecule has 0 aromatic heterocycles. The summed E-state index contributed by atoms with van der Waals surface area (Å²) in [6.07, 6.45) is 0. The summed E-state index contributed by atoms with van der Waals surface area (Å²) >= 11 is 3.33. The highest BCUT2D eigenvalue weighted by Gasteiger charge is 2.14. The van der Waals surface area contributed by atoms with Crippen molar-refractivity contribution in [2.45, 2.75) is 0 Å². The zero-order valence-electron chi connectivity index (χ0n) is 11.9. The van der Waals surface area contributed by atoms with E-state index in [0.29, 0.717) is 30.2 Å². The lowest BCUT2D eigenvalue weighted by Crippen LogP contribution is -2.15. The Morgan fingerprint density at radius 1 is 1.18 bits per heavy atom. The Balaban J connectivity index is 2.16. The summed E-state index contributed by atoms with van der Waals surface area (Å²) in [6, 6.07) is 10.7. The molecule has 116 valence electrons. The zero-order chi connectivity index (χ0) is 15.9. The van der Waals surface area contributed by atoms with Crippen LogP contribution in [0.25, 0.3) is 0 Å². The molecule has 0 bridgehead atoms. The maximum absolute atomic E-state index is 12.9. The minimum Gasteiger partial charge on any atom is -0.490 e. The molecule has 0 aliphatic carbocycles. The Morgan fingerprint density at radius 2 is 1.91 bits per heavy atom. The van der Waals surface area contributed by atoms with E-state index in [2.05, 4.69) is 21.2 Å². The molecule has 0 heterocycles. The van der Waals surface area contributed by atoms with Gasteiger partial charge in [0, 0.05) is 17.3 Å². The highest BCUT2D eigenvalue weighted by Crippen LogP contribution is 2.24. The van der Waals surface area contributed by atoms with E-state index in [1.54, 1.807) is 25.3 Å². The molecular formula is C16H15BrFNO3. The number of benzene rings is 2. The first-order chi connectivity index (χ1) is 10.6. The molecule has 0 atom stereocenters. The highest BCUT2D eigenvalue weighted by molar-refractivity contribution is 9.10. The number of hydrogen-bond acceptors (Lipinski definition) is 3. The van der Waals surface area contributed by atoms with E-state index >= 15 is 0 Å². The zero-order valence-corrected chi connectivity index (χ0v) is 13.5. The largest absolute Gasteiger partial charge is 0.490 e. The lowest BCUT2D eigenvalue weighted by atomic mass is 10.2. The first-order valence-electron chi connectivity index (χ1n) is 6.58. The van der Waals surface area contributed by atoms with Crippen LogP contribution in [-0.4, -0.2) is 26.2 Å².